The average Bonchev–Trinajstić information content (AvgIpc) is 2.39. The van der Waals surface area contributed by atoms with E-state index in [4.69, 9.17) is 5.73 Å². The van der Waals surface area contributed by atoms with Crippen LogP contribution in [0.4, 0.5) is 0 Å². The summed E-state index contributed by atoms with van der Waals surface area (Å²) in [5.41, 5.74) is 5.37. The van der Waals surface area contributed by atoms with Crippen LogP contribution in [0.1, 0.15) is 17.3 Å². The molecule has 1 atom stereocenters. The first-order chi connectivity index (χ1) is 8.93. The summed E-state index contributed by atoms with van der Waals surface area (Å²) in [6.45, 7) is 3.51. The number of halogens is 1. The van der Waals surface area contributed by atoms with Gasteiger partial charge in [0.2, 0.25) is 15.9 Å². The van der Waals surface area contributed by atoms with E-state index in [2.05, 4.69) is 5.32 Å². The Labute approximate surface area is 124 Å². The van der Waals surface area contributed by atoms with Crippen LogP contribution in [-0.2, 0) is 10.0 Å². The third-order valence-corrected chi connectivity index (χ3v) is 5.18. The van der Waals surface area contributed by atoms with E-state index in [9.17, 15) is 13.2 Å². The van der Waals surface area contributed by atoms with Crippen molar-refractivity contribution < 1.29 is 13.2 Å². The quantitative estimate of drug-likeness (QED) is 0.832. The SMILES string of the molecule is CC1CNCCN1S(=O)(=O)c1cccc(C(N)=O)c1.Cl. The summed E-state index contributed by atoms with van der Waals surface area (Å²) in [5.74, 6) is -0.634. The highest BCUT2D eigenvalue weighted by molar-refractivity contribution is 7.89. The normalized spacial score (nSPS) is 20.1. The molecule has 1 saturated heterocycles. The minimum Gasteiger partial charge on any atom is -0.366 e. The van der Waals surface area contributed by atoms with Gasteiger partial charge in [-0.15, -0.1) is 12.4 Å². The molecule has 1 amide bonds. The maximum Gasteiger partial charge on any atom is 0.248 e. The summed E-state index contributed by atoms with van der Waals surface area (Å²) < 4.78 is 26.5. The molecular weight excluding hydrogens is 302 g/mol. The highest BCUT2D eigenvalue weighted by Crippen LogP contribution is 2.20. The molecule has 0 aromatic heterocycles. The van der Waals surface area contributed by atoms with Crippen molar-refractivity contribution in [3.8, 4) is 0 Å². The minimum absolute atomic E-state index is 0. The molecule has 0 radical (unpaired) electrons. The number of hydrogen-bond donors (Lipinski definition) is 2. The van der Waals surface area contributed by atoms with Crippen molar-refractivity contribution in [3.05, 3.63) is 29.8 Å². The first-order valence-corrected chi connectivity index (χ1v) is 7.49. The highest BCUT2D eigenvalue weighted by Gasteiger charge is 2.31. The summed E-state index contributed by atoms with van der Waals surface area (Å²) in [6, 6.07) is 5.72. The van der Waals surface area contributed by atoms with Crippen molar-refractivity contribution >= 4 is 28.3 Å². The Morgan fingerprint density at radius 2 is 2.15 bits per heavy atom. The Balaban J connectivity index is 0.00000200. The van der Waals surface area contributed by atoms with Gasteiger partial charge in [0.25, 0.3) is 0 Å². The van der Waals surface area contributed by atoms with E-state index in [0.29, 0.717) is 19.6 Å². The predicted octanol–water partition coefficient (Wildman–Crippen LogP) is 0.190. The van der Waals surface area contributed by atoms with Crippen LogP contribution in [0.15, 0.2) is 29.2 Å². The van der Waals surface area contributed by atoms with Gasteiger partial charge < -0.3 is 11.1 Å². The molecule has 20 heavy (non-hydrogen) atoms. The molecule has 0 bridgehead atoms. The fraction of sp³-hybridized carbons (Fsp3) is 0.417. The molecule has 0 spiro atoms. The molecule has 8 heteroatoms. The molecule has 0 aliphatic carbocycles. The second-order valence-electron chi connectivity index (χ2n) is 4.56. The number of nitrogens with two attached hydrogens (primary N) is 1. The van der Waals surface area contributed by atoms with Crippen molar-refractivity contribution in [2.24, 2.45) is 5.73 Å². The van der Waals surface area contributed by atoms with Crippen LogP contribution in [0.25, 0.3) is 0 Å². The van der Waals surface area contributed by atoms with Crippen LogP contribution in [0, 0.1) is 0 Å². The topological polar surface area (TPSA) is 92.5 Å². The van der Waals surface area contributed by atoms with Crippen LogP contribution >= 0.6 is 12.4 Å². The van der Waals surface area contributed by atoms with Crippen LogP contribution < -0.4 is 11.1 Å². The van der Waals surface area contributed by atoms with E-state index < -0.39 is 15.9 Å². The summed E-state index contributed by atoms with van der Waals surface area (Å²) in [4.78, 5) is 11.2. The average molecular weight is 320 g/mol. The number of benzene rings is 1. The van der Waals surface area contributed by atoms with Gasteiger partial charge in [0.1, 0.15) is 0 Å². The molecular formula is C12H18ClN3O3S. The van der Waals surface area contributed by atoms with Crippen LogP contribution in [0.5, 0.6) is 0 Å². The van der Waals surface area contributed by atoms with Gasteiger partial charge in [-0.2, -0.15) is 4.31 Å². The third kappa shape index (κ3) is 3.29. The molecule has 1 aromatic carbocycles. The van der Waals surface area contributed by atoms with Gasteiger partial charge in [-0.05, 0) is 25.1 Å². The number of amides is 1. The van der Waals surface area contributed by atoms with E-state index in [1.165, 1.54) is 28.6 Å². The molecule has 1 aliphatic heterocycles. The molecule has 3 N–H and O–H groups in total. The molecule has 112 valence electrons. The number of primary amides is 1. The molecule has 2 rings (SSSR count). The zero-order valence-corrected chi connectivity index (χ0v) is 12.7. The lowest BCUT2D eigenvalue weighted by Crippen LogP contribution is -2.52. The third-order valence-electron chi connectivity index (χ3n) is 3.17. The van der Waals surface area contributed by atoms with E-state index in [-0.39, 0.29) is 28.9 Å². The molecule has 1 heterocycles. The van der Waals surface area contributed by atoms with Gasteiger partial charge >= 0.3 is 0 Å². The second kappa shape index (κ2) is 6.53. The molecule has 0 saturated carbocycles. The number of rotatable bonds is 3. The lowest BCUT2D eigenvalue weighted by molar-refractivity contribution is 0.1000. The van der Waals surface area contributed by atoms with Crippen molar-refractivity contribution in [2.75, 3.05) is 19.6 Å². The fourth-order valence-electron chi connectivity index (χ4n) is 2.12. The summed E-state index contributed by atoms with van der Waals surface area (Å²) in [7, 11) is -3.58. The van der Waals surface area contributed by atoms with Crippen LogP contribution in [0.3, 0.4) is 0 Å². The van der Waals surface area contributed by atoms with Gasteiger partial charge in [0.05, 0.1) is 4.90 Å². The van der Waals surface area contributed by atoms with Gasteiger partial charge in [0.15, 0.2) is 0 Å². The highest BCUT2D eigenvalue weighted by atomic mass is 35.5. The first kappa shape index (κ1) is 16.9. The zero-order valence-electron chi connectivity index (χ0n) is 11.1. The summed E-state index contributed by atoms with van der Waals surface area (Å²) in [5, 5.41) is 3.14. The molecule has 1 unspecified atom stereocenters. The number of nitrogens with one attached hydrogen (secondary N) is 1. The number of carbonyl (C=O) groups excluding carboxylic acids is 1. The Hall–Kier alpha value is -1.15. The van der Waals surface area contributed by atoms with Crippen molar-refractivity contribution in [2.45, 2.75) is 17.9 Å². The smallest absolute Gasteiger partial charge is 0.248 e. The van der Waals surface area contributed by atoms with E-state index >= 15 is 0 Å². The Kier molecular flexibility index (Phi) is 5.52. The van der Waals surface area contributed by atoms with Gasteiger partial charge in [-0.25, -0.2) is 8.42 Å². The summed E-state index contributed by atoms with van der Waals surface area (Å²) in [6.07, 6.45) is 0. The number of sulfonamides is 1. The van der Waals surface area contributed by atoms with E-state index in [0.717, 1.165) is 0 Å². The Morgan fingerprint density at radius 1 is 1.45 bits per heavy atom. The van der Waals surface area contributed by atoms with Gasteiger partial charge in [0, 0.05) is 31.2 Å². The monoisotopic (exact) mass is 319 g/mol. The minimum atomic E-state index is -3.58. The van der Waals surface area contributed by atoms with Gasteiger partial charge in [-0.3, -0.25) is 4.79 Å². The zero-order chi connectivity index (χ0) is 14.0. The maximum absolute atomic E-state index is 12.5. The van der Waals surface area contributed by atoms with E-state index in [1.54, 1.807) is 0 Å². The second-order valence-corrected chi connectivity index (χ2v) is 6.45. The van der Waals surface area contributed by atoms with Crippen molar-refractivity contribution in [1.29, 1.82) is 0 Å². The van der Waals surface area contributed by atoms with Crippen molar-refractivity contribution in [1.82, 2.24) is 9.62 Å². The lowest BCUT2D eigenvalue weighted by Gasteiger charge is -2.32. The number of piperazine rings is 1. The molecule has 1 aliphatic rings. The van der Waals surface area contributed by atoms with Crippen molar-refractivity contribution in [3.63, 3.8) is 0 Å². The first-order valence-electron chi connectivity index (χ1n) is 6.05. The molecule has 6 nitrogen and oxygen atoms in total. The van der Waals surface area contributed by atoms with Crippen LogP contribution in [-0.4, -0.2) is 44.3 Å². The number of nitrogens with zero attached hydrogens (tertiary/aromatic N) is 1. The van der Waals surface area contributed by atoms with Crippen LogP contribution in [0.2, 0.25) is 0 Å². The Morgan fingerprint density at radius 3 is 2.75 bits per heavy atom. The largest absolute Gasteiger partial charge is 0.366 e. The number of hydrogen-bond acceptors (Lipinski definition) is 4. The Bertz CT molecular complexity index is 591. The molecule has 1 fully saturated rings. The van der Waals surface area contributed by atoms with Gasteiger partial charge in [-0.1, -0.05) is 6.07 Å². The number of carbonyl (C=O) groups is 1. The predicted molar refractivity (Wildman–Crippen MR) is 78.4 cm³/mol. The molecule has 1 aromatic rings. The maximum atomic E-state index is 12.5. The standard InChI is InChI=1S/C12H17N3O3S.ClH/c1-9-8-14-5-6-15(9)19(17,18)11-4-2-3-10(7-11)12(13)16;/h2-4,7,9,14H,5-6,8H2,1H3,(H2,13,16);1H. The summed E-state index contributed by atoms with van der Waals surface area (Å²) >= 11 is 0. The van der Waals surface area contributed by atoms with E-state index in [1.807, 2.05) is 6.92 Å². The lowest BCUT2D eigenvalue weighted by atomic mass is 10.2. The fourth-order valence-corrected chi connectivity index (χ4v) is 3.80.